The van der Waals surface area contributed by atoms with Gasteiger partial charge in [0.15, 0.2) is 0 Å². The Kier molecular flexibility index (Phi) is 4.66. The van der Waals surface area contributed by atoms with Gasteiger partial charge < -0.3 is 5.32 Å². The summed E-state index contributed by atoms with van der Waals surface area (Å²) in [6, 6.07) is 2.59. The van der Waals surface area contributed by atoms with Crippen LogP contribution in [0.15, 0.2) is 6.07 Å². The normalized spacial score (nSPS) is 17.6. The predicted octanol–water partition coefficient (Wildman–Crippen LogP) is 1.92. The molecule has 19 heavy (non-hydrogen) atoms. The van der Waals surface area contributed by atoms with Crippen LogP contribution in [-0.4, -0.2) is 26.3 Å². The zero-order valence-electron chi connectivity index (χ0n) is 11.7. The molecule has 0 aliphatic heterocycles. The van der Waals surface area contributed by atoms with Crippen LogP contribution in [0.4, 0.5) is 0 Å². The van der Waals surface area contributed by atoms with Crippen molar-refractivity contribution >= 4 is 21.4 Å². The Bertz CT molecular complexity index is 513. The monoisotopic (exact) mass is 302 g/mol. The molecule has 1 aliphatic carbocycles. The van der Waals surface area contributed by atoms with Gasteiger partial charge in [-0.05, 0) is 45.2 Å². The third-order valence-electron chi connectivity index (χ3n) is 3.47. The molecule has 1 aromatic rings. The van der Waals surface area contributed by atoms with Gasteiger partial charge in [-0.25, -0.2) is 13.1 Å². The van der Waals surface area contributed by atoms with Gasteiger partial charge in [0.2, 0.25) is 10.0 Å². The van der Waals surface area contributed by atoms with Crippen molar-refractivity contribution in [3.8, 4) is 0 Å². The van der Waals surface area contributed by atoms with Gasteiger partial charge in [-0.2, -0.15) is 0 Å². The average Bonchev–Trinajstić information content (AvgIpc) is 3.11. The van der Waals surface area contributed by atoms with Crippen molar-refractivity contribution in [2.75, 3.05) is 6.54 Å². The van der Waals surface area contributed by atoms with Crippen LogP contribution in [0.5, 0.6) is 0 Å². The van der Waals surface area contributed by atoms with Crippen molar-refractivity contribution in [3.05, 3.63) is 21.4 Å². The minimum Gasteiger partial charge on any atom is -0.313 e. The minimum atomic E-state index is -3.24. The second-order valence-electron chi connectivity index (χ2n) is 5.31. The van der Waals surface area contributed by atoms with Crippen molar-refractivity contribution in [3.63, 3.8) is 0 Å². The molecule has 0 aromatic carbocycles. The van der Waals surface area contributed by atoms with Gasteiger partial charge in [-0.3, -0.25) is 0 Å². The maximum absolute atomic E-state index is 12.1. The fourth-order valence-electron chi connectivity index (χ4n) is 1.78. The van der Waals surface area contributed by atoms with E-state index in [1.54, 1.807) is 18.3 Å². The number of aryl methyl sites for hydroxylation is 2. The fourth-order valence-corrected chi connectivity index (χ4v) is 3.82. The molecule has 1 atom stereocenters. The van der Waals surface area contributed by atoms with Crippen molar-refractivity contribution in [1.29, 1.82) is 0 Å². The van der Waals surface area contributed by atoms with Crippen LogP contribution in [0.3, 0.4) is 0 Å². The first kappa shape index (κ1) is 15.0. The van der Waals surface area contributed by atoms with Gasteiger partial charge in [0.05, 0.1) is 5.25 Å². The van der Waals surface area contributed by atoms with Gasteiger partial charge in [-0.15, -0.1) is 11.3 Å². The SMILES string of the molecule is Cc1cc(CNS(=O)(=O)C(C)CNC2CC2)sc1C. The van der Waals surface area contributed by atoms with Gasteiger partial charge in [-0.1, -0.05) is 0 Å². The molecular formula is C13H22N2O2S2. The third-order valence-corrected chi connectivity index (χ3v) is 6.39. The third kappa shape index (κ3) is 4.27. The maximum Gasteiger partial charge on any atom is 0.215 e. The highest BCUT2D eigenvalue weighted by atomic mass is 32.2. The summed E-state index contributed by atoms with van der Waals surface area (Å²) in [4.78, 5) is 2.32. The predicted molar refractivity (Wildman–Crippen MR) is 80.0 cm³/mol. The summed E-state index contributed by atoms with van der Waals surface area (Å²) in [5.74, 6) is 0. The zero-order chi connectivity index (χ0) is 14.0. The molecule has 1 heterocycles. The molecule has 0 amide bonds. The summed E-state index contributed by atoms with van der Waals surface area (Å²) in [7, 11) is -3.24. The zero-order valence-corrected chi connectivity index (χ0v) is 13.3. The summed E-state index contributed by atoms with van der Waals surface area (Å²) in [5.41, 5.74) is 1.22. The number of thiophene rings is 1. The molecule has 6 heteroatoms. The number of sulfonamides is 1. The van der Waals surface area contributed by atoms with E-state index >= 15 is 0 Å². The van der Waals surface area contributed by atoms with Crippen LogP contribution in [0.2, 0.25) is 0 Å². The Balaban J connectivity index is 1.85. The Morgan fingerprint density at radius 3 is 2.63 bits per heavy atom. The molecule has 108 valence electrons. The molecule has 2 rings (SSSR count). The van der Waals surface area contributed by atoms with Crippen molar-refractivity contribution in [1.82, 2.24) is 10.0 Å². The number of rotatable bonds is 7. The van der Waals surface area contributed by atoms with Crippen LogP contribution in [0, 0.1) is 13.8 Å². The van der Waals surface area contributed by atoms with Crippen molar-refractivity contribution < 1.29 is 8.42 Å². The molecule has 0 bridgehead atoms. The summed E-state index contributed by atoms with van der Waals surface area (Å²) < 4.78 is 26.9. The summed E-state index contributed by atoms with van der Waals surface area (Å²) >= 11 is 1.65. The summed E-state index contributed by atoms with van der Waals surface area (Å²) in [6.07, 6.45) is 2.35. The number of hydrogen-bond donors (Lipinski definition) is 2. The van der Waals surface area contributed by atoms with E-state index in [0.29, 0.717) is 19.1 Å². The first-order valence-corrected chi connectivity index (χ1v) is 9.02. The van der Waals surface area contributed by atoms with Crippen LogP contribution in [0.1, 0.15) is 35.1 Å². The van der Waals surface area contributed by atoms with Gasteiger partial charge in [0.1, 0.15) is 0 Å². The lowest BCUT2D eigenvalue weighted by Crippen LogP contribution is -2.39. The molecule has 0 spiro atoms. The first-order valence-electron chi connectivity index (χ1n) is 6.66. The van der Waals surface area contributed by atoms with Crippen LogP contribution in [0.25, 0.3) is 0 Å². The highest BCUT2D eigenvalue weighted by Gasteiger charge is 2.25. The molecule has 0 saturated heterocycles. The maximum atomic E-state index is 12.1. The molecule has 1 fully saturated rings. The molecular weight excluding hydrogens is 280 g/mol. The second-order valence-corrected chi connectivity index (χ2v) is 8.84. The van der Waals surface area contributed by atoms with E-state index in [0.717, 1.165) is 4.88 Å². The largest absolute Gasteiger partial charge is 0.313 e. The van der Waals surface area contributed by atoms with Crippen molar-refractivity contribution in [2.45, 2.75) is 51.4 Å². The van der Waals surface area contributed by atoms with Crippen LogP contribution in [-0.2, 0) is 16.6 Å². The molecule has 2 N–H and O–H groups in total. The van der Waals surface area contributed by atoms with Gasteiger partial charge in [0.25, 0.3) is 0 Å². The topological polar surface area (TPSA) is 58.2 Å². The Labute approximate surface area is 119 Å². The lowest BCUT2D eigenvalue weighted by Gasteiger charge is -2.14. The minimum absolute atomic E-state index is 0.393. The number of hydrogen-bond acceptors (Lipinski definition) is 4. The fraction of sp³-hybridized carbons (Fsp3) is 0.692. The second kappa shape index (κ2) is 5.91. The Hall–Kier alpha value is -0.430. The van der Waals surface area contributed by atoms with E-state index in [2.05, 4.69) is 23.0 Å². The molecule has 1 aromatic heterocycles. The smallest absolute Gasteiger partial charge is 0.215 e. The van der Waals surface area contributed by atoms with E-state index in [1.807, 2.05) is 6.92 Å². The van der Waals surface area contributed by atoms with Gasteiger partial charge in [0, 0.05) is 28.9 Å². The number of nitrogens with one attached hydrogen (secondary N) is 2. The lowest BCUT2D eigenvalue weighted by molar-refractivity contribution is 0.557. The summed E-state index contributed by atoms with van der Waals surface area (Å²) in [6.45, 7) is 6.78. The first-order chi connectivity index (χ1) is 8.88. The highest BCUT2D eigenvalue weighted by molar-refractivity contribution is 7.90. The van der Waals surface area contributed by atoms with E-state index in [-0.39, 0.29) is 0 Å². The molecule has 4 nitrogen and oxygen atoms in total. The Morgan fingerprint density at radius 2 is 2.11 bits per heavy atom. The van der Waals surface area contributed by atoms with E-state index in [4.69, 9.17) is 0 Å². The summed E-state index contributed by atoms with van der Waals surface area (Å²) in [5, 5.41) is 2.86. The lowest BCUT2D eigenvalue weighted by atomic mass is 10.3. The van der Waals surface area contributed by atoms with Crippen molar-refractivity contribution in [2.24, 2.45) is 0 Å². The van der Waals surface area contributed by atoms with Crippen LogP contribution < -0.4 is 10.0 Å². The highest BCUT2D eigenvalue weighted by Crippen LogP contribution is 2.21. The Morgan fingerprint density at radius 1 is 1.42 bits per heavy atom. The standard InChI is InChI=1S/C13H22N2O2S2/c1-9-6-13(18-11(9)3)8-15-19(16,17)10(2)7-14-12-4-5-12/h6,10,12,14-15H,4-5,7-8H2,1-3H3. The van der Waals surface area contributed by atoms with Gasteiger partial charge >= 0.3 is 0 Å². The van der Waals surface area contributed by atoms with E-state index in [1.165, 1.54) is 23.3 Å². The molecule has 1 aliphatic rings. The van der Waals surface area contributed by atoms with E-state index in [9.17, 15) is 8.42 Å². The van der Waals surface area contributed by atoms with Crippen LogP contribution >= 0.6 is 11.3 Å². The molecule has 0 radical (unpaired) electrons. The average molecular weight is 302 g/mol. The van der Waals surface area contributed by atoms with E-state index < -0.39 is 15.3 Å². The molecule has 1 saturated carbocycles. The molecule has 1 unspecified atom stereocenters. The quantitative estimate of drug-likeness (QED) is 0.809.